The molecule has 0 aliphatic carbocycles. The quantitative estimate of drug-likeness (QED) is 0.492. The van der Waals surface area contributed by atoms with Crippen LogP contribution in [0.4, 0.5) is 0 Å². The van der Waals surface area contributed by atoms with Gasteiger partial charge in [0.15, 0.2) is 0 Å². The summed E-state index contributed by atoms with van der Waals surface area (Å²) in [5.41, 5.74) is -0.394. The zero-order valence-electron chi connectivity index (χ0n) is 17.2. The summed E-state index contributed by atoms with van der Waals surface area (Å²) in [6, 6.07) is 0. The van der Waals surface area contributed by atoms with Crippen molar-refractivity contribution in [2.45, 2.75) is 81.6 Å². The third kappa shape index (κ3) is 6.10. The van der Waals surface area contributed by atoms with Gasteiger partial charge in [0.1, 0.15) is 6.61 Å². The molecule has 0 heterocycles. The maximum atomic E-state index is 13.0. The first-order chi connectivity index (χ1) is 10.5. The number of rotatable bonds is 11. The average Bonchev–Trinajstić information content (AvgIpc) is 2.50. The molecule has 0 aromatic heterocycles. The minimum absolute atomic E-state index is 0.0296. The van der Waals surface area contributed by atoms with Gasteiger partial charge in [-0.05, 0) is 43.7 Å². The molecule has 0 saturated heterocycles. The molecular weight excluding hydrogens is 286 g/mol. The standard InChI is InChI=1S/C20H41NO2/c1-10-18(5,6)16-20(9,19(7,8)11-2)17(22)23-15-14-21(12-3)13-4/h10-16H2,1-9H3. The molecule has 1 atom stereocenters. The number of hydrogen-bond acceptors (Lipinski definition) is 3. The topological polar surface area (TPSA) is 29.5 Å². The van der Waals surface area contributed by atoms with Gasteiger partial charge in [-0.25, -0.2) is 0 Å². The van der Waals surface area contributed by atoms with Crippen LogP contribution in [0.5, 0.6) is 0 Å². The summed E-state index contributed by atoms with van der Waals surface area (Å²) in [5, 5.41) is 0. The minimum Gasteiger partial charge on any atom is -0.464 e. The van der Waals surface area contributed by atoms with Crippen molar-refractivity contribution in [3.63, 3.8) is 0 Å². The second-order valence-corrected chi connectivity index (χ2v) is 8.43. The smallest absolute Gasteiger partial charge is 0.312 e. The summed E-state index contributed by atoms with van der Waals surface area (Å²) < 4.78 is 5.74. The molecule has 0 rings (SSSR count). The molecule has 0 bridgehead atoms. The van der Waals surface area contributed by atoms with Crippen molar-refractivity contribution in [3.8, 4) is 0 Å². The fourth-order valence-corrected chi connectivity index (χ4v) is 3.03. The van der Waals surface area contributed by atoms with Gasteiger partial charge in [-0.2, -0.15) is 0 Å². The van der Waals surface area contributed by atoms with Gasteiger partial charge in [0.25, 0.3) is 0 Å². The van der Waals surface area contributed by atoms with Gasteiger partial charge in [-0.3, -0.25) is 4.79 Å². The van der Waals surface area contributed by atoms with Gasteiger partial charge in [0.05, 0.1) is 5.41 Å². The molecule has 0 amide bonds. The van der Waals surface area contributed by atoms with Crippen LogP contribution in [-0.4, -0.2) is 37.1 Å². The van der Waals surface area contributed by atoms with Crippen LogP contribution in [0.1, 0.15) is 81.6 Å². The first-order valence-electron chi connectivity index (χ1n) is 9.39. The number of carbonyl (C=O) groups excluding carboxylic acids is 1. The van der Waals surface area contributed by atoms with Crippen molar-refractivity contribution in [2.24, 2.45) is 16.2 Å². The van der Waals surface area contributed by atoms with Crippen LogP contribution in [0.15, 0.2) is 0 Å². The predicted molar refractivity (Wildman–Crippen MR) is 99.6 cm³/mol. The predicted octanol–water partition coefficient (Wildman–Crippen LogP) is 5.14. The van der Waals surface area contributed by atoms with E-state index in [0.29, 0.717) is 6.61 Å². The van der Waals surface area contributed by atoms with Crippen molar-refractivity contribution < 1.29 is 9.53 Å². The molecule has 0 aromatic rings. The van der Waals surface area contributed by atoms with Gasteiger partial charge < -0.3 is 9.64 Å². The molecule has 0 saturated carbocycles. The number of carbonyl (C=O) groups is 1. The van der Waals surface area contributed by atoms with Crippen molar-refractivity contribution in [2.75, 3.05) is 26.2 Å². The second kappa shape index (κ2) is 9.05. The van der Waals surface area contributed by atoms with Gasteiger partial charge >= 0.3 is 5.97 Å². The first kappa shape index (κ1) is 22.4. The number of likely N-dealkylation sites (N-methyl/N-ethyl adjacent to an activating group) is 1. The molecule has 0 spiro atoms. The summed E-state index contributed by atoms with van der Waals surface area (Å²) in [6.45, 7) is 22.9. The average molecular weight is 328 g/mol. The van der Waals surface area contributed by atoms with E-state index in [9.17, 15) is 4.79 Å². The Balaban J connectivity index is 5.11. The maximum absolute atomic E-state index is 13.0. The third-order valence-electron chi connectivity index (χ3n) is 6.15. The van der Waals surface area contributed by atoms with Crippen LogP contribution in [0.25, 0.3) is 0 Å². The second-order valence-electron chi connectivity index (χ2n) is 8.43. The molecule has 3 heteroatoms. The lowest BCUT2D eigenvalue weighted by molar-refractivity contribution is -0.166. The van der Waals surface area contributed by atoms with Gasteiger partial charge in [-0.1, -0.05) is 61.8 Å². The Hall–Kier alpha value is -0.570. The van der Waals surface area contributed by atoms with Crippen molar-refractivity contribution in [1.82, 2.24) is 4.90 Å². The summed E-state index contributed by atoms with van der Waals surface area (Å²) in [4.78, 5) is 15.3. The largest absolute Gasteiger partial charge is 0.464 e. The van der Waals surface area contributed by atoms with Gasteiger partial charge in [-0.15, -0.1) is 0 Å². The lowest BCUT2D eigenvalue weighted by atomic mass is 9.58. The van der Waals surface area contributed by atoms with Crippen LogP contribution < -0.4 is 0 Å². The maximum Gasteiger partial charge on any atom is 0.312 e. The summed E-state index contributed by atoms with van der Waals surface area (Å²) in [5.74, 6) is -0.0296. The molecule has 0 aliphatic heterocycles. The van der Waals surface area contributed by atoms with E-state index in [2.05, 4.69) is 67.2 Å². The highest BCUT2D eigenvalue weighted by Gasteiger charge is 2.49. The number of hydrogen-bond donors (Lipinski definition) is 0. The number of esters is 1. The monoisotopic (exact) mass is 327 g/mol. The normalized spacial score (nSPS) is 15.6. The Kier molecular flexibility index (Phi) is 8.83. The summed E-state index contributed by atoms with van der Waals surface area (Å²) >= 11 is 0. The Morgan fingerprint density at radius 2 is 1.43 bits per heavy atom. The molecule has 1 unspecified atom stereocenters. The summed E-state index contributed by atoms with van der Waals surface area (Å²) in [7, 11) is 0. The minimum atomic E-state index is -0.454. The van der Waals surface area contributed by atoms with Crippen LogP contribution in [0, 0.1) is 16.2 Å². The Labute approximate surface area is 145 Å². The molecule has 0 aliphatic rings. The van der Waals surface area contributed by atoms with Crippen molar-refractivity contribution >= 4 is 5.97 Å². The highest BCUT2D eigenvalue weighted by molar-refractivity contribution is 5.77. The van der Waals surface area contributed by atoms with E-state index in [0.717, 1.165) is 38.9 Å². The van der Waals surface area contributed by atoms with E-state index in [4.69, 9.17) is 4.74 Å². The van der Waals surface area contributed by atoms with Crippen LogP contribution >= 0.6 is 0 Å². The number of ether oxygens (including phenoxy) is 1. The highest BCUT2D eigenvalue weighted by atomic mass is 16.5. The Bertz CT molecular complexity index is 359. The molecule has 0 N–H and O–H groups in total. The lowest BCUT2D eigenvalue weighted by Gasteiger charge is -2.45. The van der Waals surface area contributed by atoms with E-state index in [1.165, 1.54) is 0 Å². The lowest BCUT2D eigenvalue weighted by Crippen LogP contribution is -2.46. The fourth-order valence-electron chi connectivity index (χ4n) is 3.03. The van der Waals surface area contributed by atoms with E-state index in [-0.39, 0.29) is 16.8 Å². The zero-order valence-corrected chi connectivity index (χ0v) is 17.2. The Morgan fingerprint density at radius 3 is 1.83 bits per heavy atom. The SMILES string of the molecule is CCN(CC)CCOC(=O)C(C)(CC(C)(C)CC)C(C)(C)CC. The first-order valence-corrected chi connectivity index (χ1v) is 9.39. The molecule has 3 nitrogen and oxygen atoms in total. The molecule has 23 heavy (non-hydrogen) atoms. The molecule has 0 aromatic carbocycles. The van der Waals surface area contributed by atoms with E-state index in [1.807, 2.05) is 0 Å². The van der Waals surface area contributed by atoms with Crippen LogP contribution in [-0.2, 0) is 9.53 Å². The summed E-state index contributed by atoms with van der Waals surface area (Å²) in [6.07, 6.45) is 2.89. The van der Waals surface area contributed by atoms with Gasteiger partial charge in [0, 0.05) is 6.54 Å². The van der Waals surface area contributed by atoms with Crippen LogP contribution in [0.3, 0.4) is 0 Å². The molecular formula is C20H41NO2. The van der Waals surface area contributed by atoms with E-state index in [1.54, 1.807) is 0 Å². The molecule has 0 fully saturated rings. The third-order valence-corrected chi connectivity index (χ3v) is 6.15. The van der Waals surface area contributed by atoms with Crippen LogP contribution in [0.2, 0.25) is 0 Å². The highest BCUT2D eigenvalue weighted by Crippen LogP contribution is 2.50. The molecule has 138 valence electrons. The fraction of sp³-hybridized carbons (Fsp3) is 0.950. The molecule has 0 radical (unpaired) electrons. The van der Waals surface area contributed by atoms with Crippen molar-refractivity contribution in [3.05, 3.63) is 0 Å². The van der Waals surface area contributed by atoms with E-state index < -0.39 is 5.41 Å². The van der Waals surface area contributed by atoms with Crippen molar-refractivity contribution in [1.29, 1.82) is 0 Å². The van der Waals surface area contributed by atoms with E-state index >= 15 is 0 Å². The Morgan fingerprint density at radius 1 is 0.913 bits per heavy atom. The van der Waals surface area contributed by atoms with Gasteiger partial charge in [0.2, 0.25) is 0 Å². The number of nitrogens with zero attached hydrogens (tertiary/aromatic N) is 1. The zero-order chi connectivity index (χ0) is 18.3.